The average molecular weight is 323 g/mol. The lowest BCUT2D eigenvalue weighted by Gasteiger charge is -2.26. The zero-order valence-corrected chi connectivity index (χ0v) is 13.5. The van der Waals surface area contributed by atoms with Gasteiger partial charge in [-0.15, -0.1) is 0 Å². The van der Waals surface area contributed by atoms with Gasteiger partial charge in [0.05, 0.1) is 5.69 Å². The van der Waals surface area contributed by atoms with Gasteiger partial charge in [0.15, 0.2) is 6.10 Å². The molecule has 5 nitrogen and oxygen atoms in total. The molecule has 0 aliphatic carbocycles. The van der Waals surface area contributed by atoms with Crippen molar-refractivity contribution in [1.29, 1.82) is 0 Å². The number of nitrogens with one attached hydrogen (secondary N) is 1. The standard InChI is InChI=1S/C19H21N3O2/c20-14-5-8-17-16(12-14)21-19(23)18(24-17)11-13-3-6-15(7-4-13)22-9-1-2-10-22/h3-8,12,18H,1-2,9-11,20H2,(H,21,23). The molecule has 1 unspecified atom stereocenters. The van der Waals surface area contributed by atoms with Crippen LogP contribution in [-0.2, 0) is 11.2 Å². The Bertz CT molecular complexity index is 752. The molecule has 1 saturated heterocycles. The lowest BCUT2D eigenvalue weighted by molar-refractivity contribution is -0.123. The van der Waals surface area contributed by atoms with Crippen LogP contribution in [0.1, 0.15) is 18.4 Å². The molecule has 2 heterocycles. The Hall–Kier alpha value is -2.69. The van der Waals surface area contributed by atoms with Crippen molar-refractivity contribution in [1.82, 2.24) is 0 Å². The molecule has 0 saturated carbocycles. The predicted octanol–water partition coefficient (Wildman–Crippen LogP) is 2.81. The van der Waals surface area contributed by atoms with E-state index in [1.165, 1.54) is 18.5 Å². The Morgan fingerprint density at radius 1 is 1.12 bits per heavy atom. The van der Waals surface area contributed by atoms with E-state index in [4.69, 9.17) is 10.5 Å². The third-order valence-corrected chi connectivity index (χ3v) is 4.65. The van der Waals surface area contributed by atoms with E-state index in [-0.39, 0.29) is 5.91 Å². The van der Waals surface area contributed by atoms with E-state index in [1.807, 2.05) is 0 Å². The van der Waals surface area contributed by atoms with Crippen LogP contribution in [0.15, 0.2) is 42.5 Å². The number of carbonyl (C=O) groups excluding carboxylic acids is 1. The van der Waals surface area contributed by atoms with E-state index in [0.29, 0.717) is 23.5 Å². The predicted molar refractivity (Wildman–Crippen MR) is 95.5 cm³/mol. The van der Waals surface area contributed by atoms with Gasteiger partial charge in [-0.1, -0.05) is 12.1 Å². The lowest BCUT2D eigenvalue weighted by atomic mass is 10.0. The first-order chi connectivity index (χ1) is 11.7. The van der Waals surface area contributed by atoms with Gasteiger partial charge in [-0.3, -0.25) is 4.79 Å². The van der Waals surface area contributed by atoms with Crippen molar-refractivity contribution in [2.75, 3.05) is 29.0 Å². The second-order valence-corrected chi connectivity index (χ2v) is 6.42. The van der Waals surface area contributed by atoms with Crippen molar-refractivity contribution in [2.24, 2.45) is 0 Å². The van der Waals surface area contributed by atoms with Gasteiger partial charge in [0.1, 0.15) is 5.75 Å². The highest BCUT2D eigenvalue weighted by Gasteiger charge is 2.27. The maximum Gasteiger partial charge on any atom is 0.265 e. The average Bonchev–Trinajstić information content (AvgIpc) is 3.11. The van der Waals surface area contributed by atoms with Gasteiger partial charge in [-0.05, 0) is 48.7 Å². The highest BCUT2D eigenvalue weighted by Crippen LogP contribution is 2.32. The molecular weight excluding hydrogens is 302 g/mol. The third-order valence-electron chi connectivity index (χ3n) is 4.65. The smallest absolute Gasteiger partial charge is 0.265 e. The molecule has 2 aliphatic heterocycles. The molecule has 2 aromatic carbocycles. The number of carbonyl (C=O) groups is 1. The number of hydrogen-bond donors (Lipinski definition) is 2. The number of rotatable bonds is 3. The van der Waals surface area contributed by atoms with E-state index in [9.17, 15) is 4.79 Å². The molecule has 1 fully saturated rings. The van der Waals surface area contributed by atoms with E-state index in [2.05, 4.69) is 34.5 Å². The summed E-state index contributed by atoms with van der Waals surface area (Å²) in [6, 6.07) is 13.7. The molecule has 5 heteroatoms. The maximum absolute atomic E-state index is 12.3. The monoisotopic (exact) mass is 323 g/mol. The number of amides is 1. The van der Waals surface area contributed by atoms with Gasteiger partial charge in [0, 0.05) is 30.9 Å². The number of nitrogens with two attached hydrogens (primary N) is 1. The third kappa shape index (κ3) is 2.89. The Morgan fingerprint density at radius 3 is 2.62 bits per heavy atom. The number of fused-ring (bicyclic) bond motifs is 1. The molecule has 0 radical (unpaired) electrons. The first-order valence-electron chi connectivity index (χ1n) is 8.40. The lowest BCUT2D eigenvalue weighted by Crippen LogP contribution is -2.38. The van der Waals surface area contributed by atoms with E-state index >= 15 is 0 Å². The summed E-state index contributed by atoms with van der Waals surface area (Å²) in [5.74, 6) is 0.541. The van der Waals surface area contributed by atoms with Crippen LogP contribution in [0.5, 0.6) is 5.75 Å². The molecule has 24 heavy (non-hydrogen) atoms. The highest BCUT2D eigenvalue weighted by molar-refractivity contribution is 5.98. The van der Waals surface area contributed by atoms with Crippen LogP contribution in [0.3, 0.4) is 0 Å². The Morgan fingerprint density at radius 2 is 1.88 bits per heavy atom. The largest absolute Gasteiger partial charge is 0.478 e. The summed E-state index contributed by atoms with van der Waals surface area (Å²) >= 11 is 0. The fourth-order valence-corrected chi connectivity index (χ4v) is 3.33. The van der Waals surface area contributed by atoms with Gasteiger partial charge < -0.3 is 20.7 Å². The molecular formula is C19H21N3O2. The van der Waals surface area contributed by atoms with Crippen molar-refractivity contribution in [3.8, 4) is 5.75 Å². The molecule has 1 atom stereocenters. The minimum Gasteiger partial charge on any atom is -0.478 e. The first-order valence-corrected chi connectivity index (χ1v) is 8.40. The molecule has 124 valence electrons. The maximum atomic E-state index is 12.3. The first kappa shape index (κ1) is 14.9. The molecule has 0 spiro atoms. The minimum absolute atomic E-state index is 0.128. The molecule has 2 aromatic rings. The van der Waals surface area contributed by atoms with Gasteiger partial charge in [0.25, 0.3) is 5.91 Å². The van der Waals surface area contributed by atoms with Crippen LogP contribution in [0.25, 0.3) is 0 Å². The van der Waals surface area contributed by atoms with Crippen molar-refractivity contribution in [2.45, 2.75) is 25.4 Å². The minimum atomic E-state index is -0.515. The zero-order valence-electron chi connectivity index (χ0n) is 13.5. The topological polar surface area (TPSA) is 67.6 Å². The SMILES string of the molecule is Nc1ccc2c(c1)NC(=O)C(Cc1ccc(N3CCCC3)cc1)O2. The summed E-state index contributed by atoms with van der Waals surface area (Å²) in [4.78, 5) is 14.7. The Labute approximate surface area is 141 Å². The second-order valence-electron chi connectivity index (χ2n) is 6.42. The molecule has 2 aliphatic rings. The molecule has 0 bridgehead atoms. The quantitative estimate of drug-likeness (QED) is 0.852. The number of nitrogens with zero attached hydrogens (tertiary/aromatic N) is 1. The van der Waals surface area contributed by atoms with Crippen molar-refractivity contribution < 1.29 is 9.53 Å². The van der Waals surface area contributed by atoms with Gasteiger partial charge in [0.2, 0.25) is 0 Å². The van der Waals surface area contributed by atoms with Crippen molar-refractivity contribution >= 4 is 23.0 Å². The molecule has 4 rings (SSSR count). The second kappa shape index (κ2) is 6.07. The molecule has 3 N–H and O–H groups in total. The van der Waals surface area contributed by atoms with Crippen LogP contribution in [0.4, 0.5) is 17.1 Å². The zero-order chi connectivity index (χ0) is 16.5. The summed E-state index contributed by atoms with van der Waals surface area (Å²) in [5, 5.41) is 2.88. The van der Waals surface area contributed by atoms with Crippen LogP contribution in [0.2, 0.25) is 0 Å². The summed E-state index contributed by atoms with van der Waals surface area (Å²) in [6.45, 7) is 2.26. The van der Waals surface area contributed by atoms with Crippen LogP contribution >= 0.6 is 0 Å². The molecule has 1 amide bonds. The van der Waals surface area contributed by atoms with Crippen molar-refractivity contribution in [3.63, 3.8) is 0 Å². The summed E-state index contributed by atoms with van der Waals surface area (Å²) in [6.07, 6.45) is 2.57. The van der Waals surface area contributed by atoms with Crippen LogP contribution in [0, 0.1) is 0 Å². The highest BCUT2D eigenvalue weighted by atomic mass is 16.5. The number of anilines is 3. The fraction of sp³-hybridized carbons (Fsp3) is 0.316. The summed E-state index contributed by atoms with van der Waals surface area (Å²) < 4.78 is 5.86. The van der Waals surface area contributed by atoms with E-state index in [1.54, 1.807) is 18.2 Å². The van der Waals surface area contributed by atoms with Gasteiger partial charge >= 0.3 is 0 Å². The number of nitrogen functional groups attached to an aromatic ring is 1. The molecule has 0 aromatic heterocycles. The Balaban J connectivity index is 1.47. The van der Waals surface area contributed by atoms with Gasteiger partial charge in [-0.2, -0.15) is 0 Å². The number of ether oxygens (including phenoxy) is 1. The van der Waals surface area contributed by atoms with Crippen LogP contribution < -0.4 is 20.7 Å². The van der Waals surface area contributed by atoms with Crippen molar-refractivity contribution in [3.05, 3.63) is 48.0 Å². The van der Waals surface area contributed by atoms with E-state index in [0.717, 1.165) is 18.7 Å². The van der Waals surface area contributed by atoms with Crippen LogP contribution in [-0.4, -0.2) is 25.1 Å². The summed E-state index contributed by atoms with van der Waals surface area (Å²) in [5.41, 5.74) is 9.34. The summed E-state index contributed by atoms with van der Waals surface area (Å²) in [7, 11) is 0. The number of hydrogen-bond acceptors (Lipinski definition) is 4. The number of benzene rings is 2. The Kier molecular flexibility index (Phi) is 3.76. The van der Waals surface area contributed by atoms with E-state index < -0.39 is 6.10 Å². The van der Waals surface area contributed by atoms with Gasteiger partial charge in [-0.25, -0.2) is 0 Å². The fourth-order valence-electron chi connectivity index (χ4n) is 3.33. The normalized spacial score (nSPS) is 19.6.